The van der Waals surface area contributed by atoms with Crippen molar-refractivity contribution >= 4 is 11.3 Å². The lowest BCUT2D eigenvalue weighted by atomic mass is 9.94. The van der Waals surface area contributed by atoms with Crippen LogP contribution in [0.1, 0.15) is 37.4 Å². The van der Waals surface area contributed by atoms with Gasteiger partial charge in [0.1, 0.15) is 0 Å². The van der Waals surface area contributed by atoms with Crippen molar-refractivity contribution in [1.82, 2.24) is 10.3 Å². The van der Waals surface area contributed by atoms with E-state index in [9.17, 15) is 0 Å². The molecule has 1 fully saturated rings. The first-order chi connectivity index (χ1) is 8.05. The molecule has 1 aliphatic rings. The lowest BCUT2D eigenvalue weighted by Gasteiger charge is -2.35. The maximum absolute atomic E-state index is 5.71. The van der Waals surface area contributed by atoms with Crippen LogP contribution in [0, 0.1) is 6.92 Å². The molecule has 3 nitrogen and oxygen atoms in total. The first-order valence-corrected chi connectivity index (χ1v) is 7.21. The van der Waals surface area contributed by atoms with E-state index >= 15 is 0 Å². The highest BCUT2D eigenvalue weighted by atomic mass is 32.1. The molecule has 0 amide bonds. The molecule has 4 heteroatoms. The van der Waals surface area contributed by atoms with Crippen LogP contribution in [0.5, 0.6) is 0 Å². The van der Waals surface area contributed by atoms with Crippen molar-refractivity contribution in [3.8, 4) is 0 Å². The van der Waals surface area contributed by atoms with Crippen molar-refractivity contribution < 1.29 is 4.74 Å². The van der Waals surface area contributed by atoms with Crippen LogP contribution in [0.15, 0.2) is 5.38 Å². The van der Waals surface area contributed by atoms with E-state index in [-0.39, 0.29) is 5.60 Å². The van der Waals surface area contributed by atoms with E-state index in [1.807, 2.05) is 0 Å². The number of hydrogen-bond acceptors (Lipinski definition) is 4. The number of thiazole rings is 1. The van der Waals surface area contributed by atoms with Gasteiger partial charge in [-0.15, -0.1) is 11.3 Å². The second-order valence-electron chi connectivity index (χ2n) is 5.38. The third kappa shape index (κ3) is 4.05. The summed E-state index contributed by atoms with van der Waals surface area (Å²) in [4.78, 5) is 4.48. The Morgan fingerprint density at radius 3 is 3.06 bits per heavy atom. The maximum Gasteiger partial charge on any atom is 0.0940 e. The van der Waals surface area contributed by atoms with E-state index in [1.54, 1.807) is 11.3 Å². The largest absolute Gasteiger partial charge is 0.375 e. The molecule has 0 saturated carbocycles. The quantitative estimate of drug-likeness (QED) is 0.896. The highest BCUT2D eigenvalue weighted by molar-refractivity contribution is 7.09. The van der Waals surface area contributed by atoms with Crippen molar-refractivity contribution in [3.05, 3.63) is 16.1 Å². The number of ether oxygens (including phenoxy) is 1. The van der Waals surface area contributed by atoms with Gasteiger partial charge in [0.2, 0.25) is 0 Å². The number of rotatable bonds is 4. The molecule has 17 heavy (non-hydrogen) atoms. The Bertz CT molecular complexity index is 362. The maximum atomic E-state index is 5.71. The number of nitrogens with zero attached hydrogens (tertiary/aromatic N) is 1. The molecular weight excluding hydrogens is 232 g/mol. The molecule has 1 saturated heterocycles. The van der Waals surface area contributed by atoms with Crippen LogP contribution in [-0.4, -0.2) is 29.8 Å². The summed E-state index contributed by atoms with van der Waals surface area (Å²) in [5.74, 6) is 0. The smallest absolute Gasteiger partial charge is 0.0940 e. The fourth-order valence-corrected chi connectivity index (χ4v) is 3.08. The van der Waals surface area contributed by atoms with Gasteiger partial charge in [0.05, 0.1) is 10.6 Å². The minimum atomic E-state index is 0.0354. The van der Waals surface area contributed by atoms with Crippen molar-refractivity contribution in [2.45, 2.75) is 51.7 Å². The van der Waals surface area contributed by atoms with Crippen LogP contribution in [0.4, 0.5) is 0 Å². The highest BCUT2D eigenvalue weighted by Gasteiger charge is 2.28. The molecule has 1 atom stereocenters. The average Bonchev–Trinajstić information content (AvgIpc) is 2.63. The van der Waals surface area contributed by atoms with Gasteiger partial charge in [-0.25, -0.2) is 4.98 Å². The zero-order valence-corrected chi connectivity index (χ0v) is 11.8. The molecular formula is C13H22N2OS. The van der Waals surface area contributed by atoms with E-state index in [2.05, 4.69) is 36.5 Å². The van der Waals surface area contributed by atoms with Gasteiger partial charge >= 0.3 is 0 Å². The zero-order chi connectivity index (χ0) is 12.3. The highest BCUT2D eigenvalue weighted by Crippen LogP contribution is 2.23. The molecule has 0 radical (unpaired) electrons. The standard InChI is InChI=1S/C13H22N2OS/c1-10-9-17-12(15-10)4-6-14-11-5-7-16-13(2,3)8-11/h9,11,14H,4-8H2,1-3H3. The zero-order valence-electron chi connectivity index (χ0n) is 11.0. The summed E-state index contributed by atoms with van der Waals surface area (Å²) in [6, 6.07) is 0.597. The lowest BCUT2D eigenvalue weighted by Crippen LogP contribution is -2.44. The van der Waals surface area contributed by atoms with Gasteiger partial charge in [-0.05, 0) is 33.6 Å². The minimum absolute atomic E-state index is 0.0354. The molecule has 1 N–H and O–H groups in total. The number of aryl methyl sites for hydroxylation is 1. The Hall–Kier alpha value is -0.450. The Morgan fingerprint density at radius 1 is 1.59 bits per heavy atom. The van der Waals surface area contributed by atoms with Crippen LogP contribution in [0.2, 0.25) is 0 Å². The Labute approximate surface area is 108 Å². The first kappa shape index (κ1) is 13.0. The summed E-state index contributed by atoms with van der Waals surface area (Å²) in [6.07, 6.45) is 3.26. The minimum Gasteiger partial charge on any atom is -0.375 e. The molecule has 0 aromatic carbocycles. The van der Waals surface area contributed by atoms with E-state index in [4.69, 9.17) is 4.74 Å². The van der Waals surface area contributed by atoms with Crippen LogP contribution in [0.3, 0.4) is 0 Å². The second-order valence-corrected chi connectivity index (χ2v) is 6.33. The summed E-state index contributed by atoms with van der Waals surface area (Å²) in [6.45, 7) is 8.29. The van der Waals surface area contributed by atoms with Gasteiger partial charge in [0.25, 0.3) is 0 Å². The van der Waals surface area contributed by atoms with E-state index < -0.39 is 0 Å². The Kier molecular flexibility index (Phi) is 4.17. The number of hydrogen-bond donors (Lipinski definition) is 1. The third-order valence-electron chi connectivity index (χ3n) is 3.14. The van der Waals surface area contributed by atoms with Gasteiger partial charge in [-0.2, -0.15) is 0 Å². The van der Waals surface area contributed by atoms with Crippen LogP contribution in [0.25, 0.3) is 0 Å². The summed E-state index contributed by atoms with van der Waals surface area (Å²) >= 11 is 1.76. The van der Waals surface area contributed by atoms with Crippen LogP contribution >= 0.6 is 11.3 Å². The predicted molar refractivity (Wildman–Crippen MR) is 71.6 cm³/mol. The molecule has 2 rings (SSSR count). The Morgan fingerprint density at radius 2 is 2.41 bits per heavy atom. The van der Waals surface area contributed by atoms with Crippen LogP contribution in [-0.2, 0) is 11.2 Å². The average molecular weight is 254 g/mol. The molecule has 0 bridgehead atoms. The normalized spacial score (nSPS) is 23.8. The summed E-state index contributed by atoms with van der Waals surface area (Å²) < 4.78 is 5.71. The SMILES string of the molecule is Cc1csc(CCNC2CCOC(C)(C)C2)n1. The van der Waals surface area contributed by atoms with Crippen molar-refractivity contribution in [2.75, 3.05) is 13.2 Å². The summed E-state index contributed by atoms with van der Waals surface area (Å²) in [5.41, 5.74) is 1.17. The predicted octanol–water partition coefficient (Wildman–Crippen LogP) is 2.54. The summed E-state index contributed by atoms with van der Waals surface area (Å²) in [7, 11) is 0. The van der Waals surface area contributed by atoms with E-state index in [0.717, 1.165) is 38.1 Å². The van der Waals surface area contributed by atoms with Crippen LogP contribution < -0.4 is 5.32 Å². The molecule has 1 unspecified atom stereocenters. The number of aromatic nitrogens is 1. The molecule has 1 aromatic rings. The van der Waals surface area contributed by atoms with Crippen molar-refractivity contribution in [3.63, 3.8) is 0 Å². The molecule has 0 aliphatic carbocycles. The molecule has 96 valence electrons. The van der Waals surface area contributed by atoms with E-state index in [0.29, 0.717) is 6.04 Å². The molecule has 1 aliphatic heterocycles. The van der Waals surface area contributed by atoms with Gasteiger partial charge in [-0.3, -0.25) is 0 Å². The monoisotopic (exact) mass is 254 g/mol. The first-order valence-electron chi connectivity index (χ1n) is 6.33. The third-order valence-corrected chi connectivity index (χ3v) is 4.16. The summed E-state index contributed by atoms with van der Waals surface area (Å²) in [5, 5.41) is 6.98. The lowest BCUT2D eigenvalue weighted by molar-refractivity contribution is -0.0627. The van der Waals surface area contributed by atoms with Gasteiger partial charge in [-0.1, -0.05) is 0 Å². The van der Waals surface area contributed by atoms with Crippen molar-refractivity contribution in [2.24, 2.45) is 0 Å². The van der Waals surface area contributed by atoms with E-state index in [1.165, 1.54) is 5.01 Å². The fourth-order valence-electron chi connectivity index (χ4n) is 2.31. The topological polar surface area (TPSA) is 34.1 Å². The van der Waals surface area contributed by atoms with Gasteiger partial charge in [0.15, 0.2) is 0 Å². The molecule has 0 spiro atoms. The second kappa shape index (κ2) is 5.46. The van der Waals surface area contributed by atoms with Gasteiger partial charge < -0.3 is 10.1 Å². The molecule has 2 heterocycles. The van der Waals surface area contributed by atoms with Crippen molar-refractivity contribution in [1.29, 1.82) is 0 Å². The Balaban J connectivity index is 1.71. The molecule has 1 aromatic heterocycles. The fraction of sp³-hybridized carbons (Fsp3) is 0.769. The van der Waals surface area contributed by atoms with Gasteiger partial charge in [0, 0.05) is 36.7 Å². The number of nitrogens with one attached hydrogen (secondary N) is 1.